The van der Waals surface area contributed by atoms with Crippen LogP contribution in [0.4, 0.5) is 23.0 Å². The van der Waals surface area contributed by atoms with Crippen LogP contribution in [0.3, 0.4) is 0 Å². The molecule has 1 aromatic heterocycles. The van der Waals surface area contributed by atoms with Gasteiger partial charge in [-0.15, -0.1) is 0 Å². The first-order chi connectivity index (χ1) is 14.4. The Morgan fingerprint density at radius 1 is 1.13 bits per heavy atom. The van der Waals surface area contributed by atoms with Gasteiger partial charge in [-0.05, 0) is 48.2 Å². The predicted octanol–water partition coefficient (Wildman–Crippen LogP) is 5.90. The maximum atomic E-state index is 9.76. The molecule has 0 aliphatic carbocycles. The van der Waals surface area contributed by atoms with E-state index in [1.54, 1.807) is 18.2 Å². The first kappa shape index (κ1) is 21.7. The van der Waals surface area contributed by atoms with Crippen LogP contribution in [0.2, 0.25) is 10.0 Å². The van der Waals surface area contributed by atoms with Gasteiger partial charge >= 0.3 is 0 Å². The Morgan fingerprint density at radius 3 is 2.50 bits per heavy atom. The molecule has 0 aliphatic rings. The molecule has 30 heavy (non-hydrogen) atoms. The third kappa shape index (κ3) is 4.76. The molecule has 0 aliphatic heterocycles. The number of nitrogen functional groups attached to an aromatic ring is 1. The molecule has 0 saturated carbocycles. The third-order valence-electron chi connectivity index (χ3n) is 4.67. The van der Waals surface area contributed by atoms with E-state index in [-0.39, 0.29) is 0 Å². The van der Waals surface area contributed by atoms with Crippen molar-refractivity contribution >= 4 is 46.2 Å². The van der Waals surface area contributed by atoms with Gasteiger partial charge in [-0.1, -0.05) is 48.3 Å². The van der Waals surface area contributed by atoms with Gasteiger partial charge in [0.2, 0.25) is 0 Å². The van der Waals surface area contributed by atoms with Crippen molar-refractivity contribution in [3.63, 3.8) is 0 Å². The molecule has 0 bridgehead atoms. The molecule has 2 aromatic carbocycles. The van der Waals surface area contributed by atoms with Crippen LogP contribution >= 0.6 is 23.2 Å². The summed E-state index contributed by atoms with van der Waals surface area (Å²) < 4.78 is 0. The van der Waals surface area contributed by atoms with Gasteiger partial charge in [0, 0.05) is 22.3 Å². The van der Waals surface area contributed by atoms with Crippen LogP contribution in [0.5, 0.6) is 0 Å². The van der Waals surface area contributed by atoms with Crippen molar-refractivity contribution in [2.75, 3.05) is 22.9 Å². The molecule has 0 amide bonds. The number of nitrogens with two attached hydrogens (primary N) is 1. The summed E-state index contributed by atoms with van der Waals surface area (Å²) in [4.78, 5) is 8.43. The Balaban J connectivity index is 1.92. The van der Waals surface area contributed by atoms with Gasteiger partial charge in [0.1, 0.15) is 12.0 Å². The van der Waals surface area contributed by atoms with E-state index >= 15 is 0 Å². The predicted molar refractivity (Wildman–Crippen MR) is 124 cm³/mol. The molecular formula is C22H22Cl2N6. The van der Waals surface area contributed by atoms with Crippen LogP contribution < -0.4 is 16.4 Å². The molecule has 0 fully saturated rings. The van der Waals surface area contributed by atoms with Crippen molar-refractivity contribution in [1.29, 1.82) is 5.26 Å². The number of benzene rings is 2. The number of hydrogen-bond acceptors (Lipinski definition) is 6. The minimum absolute atomic E-state index is 0.432. The van der Waals surface area contributed by atoms with Gasteiger partial charge in [-0.25, -0.2) is 9.97 Å². The second-order valence-corrected chi connectivity index (χ2v) is 7.68. The molecule has 3 rings (SSSR count). The number of nitriles is 1. The van der Waals surface area contributed by atoms with Crippen molar-refractivity contribution in [2.45, 2.75) is 26.2 Å². The molecule has 1 unspecified atom stereocenters. The van der Waals surface area contributed by atoms with Crippen LogP contribution in [-0.4, -0.2) is 16.5 Å². The molecular weight excluding hydrogens is 419 g/mol. The number of rotatable bonds is 7. The van der Waals surface area contributed by atoms with Gasteiger partial charge < -0.3 is 16.4 Å². The normalized spacial score (nSPS) is 11.6. The fourth-order valence-corrected chi connectivity index (χ4v) is 3.44. The Morgan fingerprint density at radius 2 is 1.83 bits per heavy atom. The fourth-order valence-electron chi connectivity index (χ4n) is 3.05. The van der Waals surface area contributed by atoms with Crippen LogP contribution in [-0.2, 0) is 0 Å². The standard InChI is InChI=1S/C22H22Cl2N6/c1-3-8-27-21-20(26)22(29-12-28-21)30-19-10-18(24)16(9-13(19)2)17(11-25)14-4-6-15(23)7-5-14/h4-7,9-10,12,17H,3,8,26H2,1-2H3,(H2,27,28,29,30). The SMILES string of the molecule is CCCNc1ncnc(Nc2cc(Cl)c(C(C#N)c3ccc(Cl)cc3)cc2C)c1N. The van der Waals surface area contributed by atoms with E-state index in [1.807, 2.05) is 25.1 Å². The molecule has 6 nitrogen and oxygen atoms in total. The van der Waals surface area contributed by atoms with Crippen LogP contribution in [0.1, 0.15) is 36.0 Å². The third-order valence-corrected chi connectivity index (χ3v) is 5.25. The Bertz CT molecular complexity index is 1080. The molecule has 8 heteroatoms. The Hall–Kier alpha value is -3.01. The second kappa shape index (κ2) is 9.66. The van der Waals surface area contributed by atoms with E-state index in [9.17, 15) is 5.26 Å². The minimum Gasteiger partial charge on any atom is -0.393 e. The van der Waals surface area contributed by atoms with Crippen molar-refractivity contribution in [3.8, 4) is 6.07 Å². The topological polar surface area (TPSA) is 99.6 Å². The van der Waals surface area contributed by atoms with E-state index in [2.05, 4.69) is 33.6 Å². The van der Waals surface area contributed by atoms with Gasteiger partial charge in [0.05, 0.1) is 12.0 Å². The highest BCUT2D eigenvalue weighted by atomic mass is 35.5. The molecule has 0 saturated heterocycles. The highest BCUT2D eigenvalue weighted by Gasteiger charge is 2.19. The zero-order chi connectivity index (χ0) is 21.7. The Labute approximate surface area is 186 Å². The van der Waals surface area contributed by atoms with E-state index in [0.717, 1.165) is 35.3 Å². The van der Waals surface area contributed by atoms with E-state index in [4.69, 9.17) is 28.9 Å². The zero-order valence-corrected chi connectivity index (χ0v) is 18.2. The van der Waals surface area contributed by atoms with E-state index < -0.39 is 5.92 Å². The van der Waals surface area contributed by atoms with Gasteiger partial charge in [-0.2, -0.15) is 5.26 Å². The van der Waals surface area contributed by atoms with Crippen molar-refractivity contribution in [1.82, 2.24) is 9.97 Å². The summed E-state index contributed by atoms with van der Waals surface area (Å²) >= 11 is 12.5. The molecule has 1 atom stereocenters. The van der Waals surface area contributed by atoms with E-state index in [1.165, 1.54) is 6.33 Å². The second-order valence-electron chi connectivity index (χ2n) is 6.84. The average Bonchev–Trinajstić information content (AvgIpc) is 2.73. The van der Waals surface area contributed by atoms with Crippen LogP contribution in [0.25, 0.3) is 0 Å². The van der Waals surface area contributed by atoms with Crippen molar-refractivity contribution in [3.05, 3.63) is 69.5 Å². The maximum absolute atomic E-state index is 9.76. The largest absolute Gasteiger partial charge is 0.393 e. The summed E-state index contributed by atoms with van der Waals surface area (Å²) in [5.41, 5.74) is 9.86. The zero-order valence-electron chi connectivity index (χ0n) is 16.7. The maximum Gasteiger partial charge on any atom is 0.159 e. The lowest BCUT2D eigenvalue weighted by Crippen LogP contribution is -2.09. The number of nitrogens with zero attached hydrogens (tertiary/aromatic N) is 3. The monoisotopic (exact) mass is 440 g/mol. The molecule has 3 aromatic rings. The molecule has 0 radical (unpaired) electrons. The van der Waals surface area contributed by atoms with Crippen molar-refractivity contribution in [2.24, 2.45) is 0 Å². The average molecular weight is 441 g/mol. The lowest BCUT2D eigenvalue weighted by atomic mass is 9.91. The minimum atomic E-state index is -0.503. The first-order valence-electron chi connectivity index (χ1n) is 9.51. The smallest absolute Gasteiger partial charge is 0.159 e. The summed E-state index contributed by atoms with van der Waals surface area (Å²) in [6, 6.07) is 13.2. The first-order valence-corrected chi connectivity index (χ1v) is 10.3. The van der Waals surface area contributed by atoms with Crippen LogP contribution in [0.15, 0.2) is 42.7 Å². The fraction of sp³-hybridized carbons (Fsp3) is 0.227. The molecule has 154 valence electrons. The lowest BCUT2D eigenvalue weighted by Gasteiger charge is -2.17. The summed E-state index contributed by atoms with van der Waals surface area (Å²) in [7, 11) is 0. The summed E-state index contributed by atoms with van der Waals surface area (Å²) in [6.45, 7) is 4.77. The van der Waals surface area contributed by atoms with Crippen LogP contribution in [0, 0.1) is 18.3 Å². The van der Waals surface area contributed by atoms with Gasteiger partial charge in [-0.3, -0.25) is 0 Å². The van der Waals surface area contributed by atoms with Crippen molar-refractivity contribution < 1.29 is 0 Å². The number of aromatic nitrogens is 2. The quantitative estimate of drug-likeness (QED) is 0.423. The summed E-state index contributed by atoms with van der Waals surface area (Å²) in [6.07, 6.45) is 2.41. The summed E-state index contributed by atoms with van der Waals surface area (Å²) in [5, 5.41) is 17.3. The number of aryl methyl sites for hydroxylation is 1. The molecule has 0 spiro atoms. The van der Waals surface area contributed by atoms with Gasteiger partial charge in [0.25, 0.3) is 0 Å². The summed E-state index contributed by atoms with van der Waals surface area (Å²) in [5.74, 6) is 0.573. The molecule has 4 N–H and O–H groups in total. The lowest BCUT2D eigenvalue weighted by molar-refractivity contribution is 0.966. The number of hydrogen-bond donors (Lipinski definition) is 3. The highest BCUT2D eigenvalue weighted by Crippen LogP contribution is 2.36. The van der Waals surface area contributed by atoms with Gasteiger partial charge in [0.15, 0.2) is 11.6 Å². The number of nitrogens with one attached hydrogen (secondary N) is 2. The highest BCUT2D eigenvalue weighted by molar-refractivity contribution is 6.32. The number of halogens is 2. The molecule has 1 heterocycles. The Kier molecular flexibility index (Phi) is 6.99. The number of anilines is 4. The van der Waals surface area contributed by atoms with E-state index in [0.29, 0.717) is 27.4 Å².